The van der Waals surface area contributed by atoms with Crippen LogP contribution in [-0.2, 0) is 27.3 Å². The molecule has 0 radical (unpaired) electrons. The van der Waals surface area contributed by atoms with Crippen molar-refractivity contribution in [3.05, 3.63) is 90.7 Å². The van der Waals surface area contributed by atoms with Crippen molar-refractivity contribution in [3.63, 3.8) is 0 Å². The maximum atomic E-state index is 12.0. The second-order valence-corrected chi connectivity index (χ2v) is 12.6. The number of carbonyl (C=O) groups is 3. The minimum absolute atomic E-state index is 0.0178. The Balaban J connectivity index is 0.000000230. The molecule has 12 nitrogen and oxygen atoms in total. The molecule has 0 bridgehead atoms. The Bertz CT molecular complexity index is 1700. The lowest BCUT2D eigenvalue weighted by atomic mass is 9.94. The number of primary amides is 2. The van der Waals surface area contributed by atoms with Crippen molar-refractivity contribution in [2.75, 3.05) is 36.5 Å². The number of urea groups is 1. The number of anilines is 2. The third-order valence-corrected chi connectivity index (χ3v) is 8.50. The van der Waals surface area contributed by atoms with Crippen LogP contribution in [0.2, 0.25) is 0 Å². The summed E-state index contributed by atoms with van der Waals surface area (Å²) in [6, 6.07) is 12.1. The molecule has 2 aliphatic rings. The summed E-state index contributed by atoms with van der Waals surface area (Å²) in [5.74, 6) is -0.188. The van der Waals surface area contributed by atoms with E-state index in [4.69, 9.17) is 9.53 Å². The van der Waals surface area contributed by atoms with Gasteiger partial charge in [0.25, 0.3) is 5.56 Å². The highest BCUT2D eigenvalue weighted by atomic mass is 16.5. The molecule has 3 heterocycles. The number of nitrogens with two attached hydrogens (primary N) is 2. The first kappa shape index (κ1) is 36.6. The molecule has 2 aliphatic heterocycles. The normalized spacial score (nSPS) is 15.7. The number of H-pyrrole nitrogens is 2. The molecule has 0 aliphatic carbocycles. The number of nitrogens with zero attached hydrogens (tertiary/aromatic N) is 2. The number of hydrogen-bond donors (Lipinski definition) is 4. The Morgan fingerprint density at radius 2 is 1.34 bits per heavy atom. The molecule has 0 saturated carbocycles. The number of carbonyl (C=O) groups excluding carboxylic acids is 3. The summed E-state index contributed by atoms with van der Waals surface area (Å²) < 4.78 is 4.75. The van der Waals surface area contributed by atoms with Crippen LogP contribution in [-0.4, -0.2) is 54.5 Å². The lowest BCUT2D eigenvalue weighted by molar-refractivity contribution is -0.149. The van der Waals surface area contributed by atoms with Gasteiger partial charge < -0.3 is 31.0 Å². The van der Waals surface area contributed by atoms with Gasteiger partial charge in [-0.25, -0.2) is 9.59 Å². The SMILES string of the molecule is COC(=O)C1CN(c2cc(C(C)C)ccc2C)CCC1=O.Cc1ccc(C(C)C)cc1N1CCc2[nH]c(=O)[nH]c(=O)c2C1.NC(N)=O. The summed E-state index contributed by atoms with van der Waals surface area (Å²) in [7, 11) is 1.33. The minimum atomic E-state index is -0.833. The topological polar surface area (TPSA) is 185 Å². The summed E-state index contributed by atoms with van der Waals surface area (Å²) in [4.78, 5) is 65.4. The van der Waals surface area contributed by atoms with Crippen LogP contribution in [0.4, 0.5) is 16.2 Å². The zero-order valence-electron chi connectivity index (χ0n) is 28.4. The van der Waals surface area contributed by atoms with Gasteiger partial charge in [0.1, 0.15) is 5.92 Å². The van der Waals surface area contributed by atoms with Crippen molar-refractivity contribution in [2.24, 2.45) is 17.4 Å². The summed E-state index contributed by atoms with van der Waals surface area (Å²) >= 11 is 0. The van der Waals surface area contributed by atoms with Crippen LogP contribution < -0.4 is 32.5 Å². The summed E-state index contributed by atoms with van der Waals surface area (Å²) in [6.45, 7) is 15.2. The molecule has 12 heteroatoms. The number of esters is 1. The molecule has 0 spiro atoms. The van der Waals surface area contributed by atoms with E-state index in [9.17, 15) is 19.2 Å². The van der Waals surface area contributed by atoms with E-state index in [1.807, 2.05) is 0 Å². The van der Waals surface area contributed by atoms with Crippen LogP contribution >= 0.6 is 0 Å². The van der Waals surface area contributed by atoms with E-state index in [-0.39, 0.29) is 11.3 Å². The van der Waals surface area contributed by atoms with E-state index in [0.717, 1.165) is 23.5 Å². The Labute approximate surface area is 275 Å². The number of aromatic amines is 2. The first-order chi connectivity index (χ1) is 22.1. The average Bonchev–Trinajstić information content (AvgIpc) is 3.01. The minimum Gasteiger partial charge on any atom is -0.468 e. The van der Waals surface area contributed by atoms with Crippen LogP contribution in [0, 0.1) is 19.8 Å². The molecule has 5 rings (SSSR count). The highest BCUT2D eigenvalue weighted by molar-refractivity contribution is 6.00. The standard InChI is InChI=1S/C17H21N3O2.C17H23NO3.CH4N2O/c1-10(2)12-5-4-11(3)15(8-12)20-7-6-14-13(9-20)16(21)19-17(22)18-14;1-11(2)13-6-5-12(3)15(9-13)18-8-7-16(19)14(10-18)17(20)21-4;2-1(3)4/h4-5,8,10H,6-7,9H2,1-3H3,(H2,18,19,21,22);5-6,9,11,14H,7-8,10H2,1-4H3;(H4,2,3,4). The fourth-order valence-electron chi connectivity index (χ4n) is 5.71. The molecular weight excluding hydrogens is 600 g/mol. The van der Waals surface area contributed by atoms with Gasteiger partial charge in [-0.15, -0.1) is 0 Å². The van der Waals surface area contributed by atoms with E-state index >= 15 is 0 Å². The fraction of sp³-hybridized carbons (Fsp3) is 0.457. The molecule has 254 valence electrons. The first-order valence-corrected chi connectivity index (χ1v) is 15.8. The summed E-state index contributed by atoms with van der Waals surface area (Å²) in [5.41, 5.74) is 16.4. The number of rotatable bonds is 5. The summed E-state index contributed by atoms with van der Waals surface area (Å²) in [5, 5.41) is 0. The fourth-order valence-corrected chi connectivity index (χ4v) is 5.71. The molecule has 3 aromatic rings. The Hall–Kier alpha value is -4.87. The lowest BCUT2D eigenvalue weighted by Crippen LogP contribution is -2.45. The number of benzene rings is 2. The highest BCUT2D eigenvalue weighted by Crippen LogP contribution is 2.30. The van der Waals surface area contributed by atoms with Crippen LogP contribution in [0.25, 0.3) is 0 Å². The molecule has 2 aromatic carbocycles. The maximum absolute atomic E-state index is 12.0. The van der Waals surface area contributed by atoms with Crippen LogP contribution in [0.15, 0.2) is 46.0 Å². The number of hydrogen-bond acceptors (Lipinski definition) is 8. The van der Waals surface area contributed by atoms with Crippen molar-refractivity contribution in [1.29, 1.82) is 0 Å². The van der Waals surface area contributed by atoms with E-state index < -0.39 is 23.6 Å². The Morgan fingerprint density at radius 3 is 1.85 bits per heavy atom. The van der Waals surface area contributed by atoms with Crippen LogP contribution in [0.1, 0.15) is 79.5 Å². The average molecular weight is 649 g/mol. The van der Waals surface area contributed by atoms with Gasteiger partial charge in [-0.05, 0) is 60.1 Å². The number of ether oxygens (including phenoxy) is 1. The van der Waals surface area contributed by atoms with Crippen molar-refractivity contribution in [1.82, 2.24) is 9.97 Å². The van der Waals surface area contributed by atoms with Gasteiger partial charge >= 0.3 is 17.7 Å². The van der Waals surface area contributed by atoms with E-state index in [2.05, 4.69) is 109 Å². The van der Waals surface area contributed by atoms with Gasteiger partial charge in [-0.2, -0.15) is 0 Å². The third-order valence-electron chi connectivity index (χ3n) is 8.50. The predicted octanol–water partition coefficient (Wildman–Crippen LogP) is 3.77. The molecule has 6 N–H and O–H groups in total. The van der Waals surface area contributed by atoms with Crippen LogP contribution in [0.5, 0.6) is 0 Å². The molecule has 1 saturated heterocycles. The monoisotopic (exact) mass is 648 g/mol. The van der Waals surface area contributed by atoms with Crippen molar-refractivity contribution in [2.45, 2.75) is 72.8 Å². The van der Waals surface area contributed by atoms with Gasteiger partial charge in [-0.1, -0.05) is 52.0 Å². The molecule has 1 aromatic heterocycles. The first-order valence-electron chi connectivity index (χ1n) is 15.8. The molecular formula is C35H48N6O6. The van der Waals surface area contributed by atoms with Crippen molar-refractivity contribution < 1.29 is 19.1 Å². The van der Waals surface area contributed by atoms with Gasteiger partial charge in [0.2, 0.25) is 0 Å². The number of methoxy groups -OCH3 is 1. The van der Waals surface area contributed by atoms with Gasteiger partial charge in [0, 0.05) is 49.5 Å². The molecule has 2 amide bonds. The number of piperidine rings is 1. The number of aromatic nitrogens is 2. The Kier molecular flexibility index (Phi) is 12.5. The second-order valence-electron chi connectivity index (χ2n) is 12.6. The van der Waals surface area contributed by atoms with Gasteiger partial charge in [-0.3, -0.25) is 19.4 Å². The quantitative estimate of drug-likeness (QED) is 0.238. The van der Waals surface area contributed by atoms with E-state index in [0.29, 0.717) is 49.9 Å². The Morgan fingerprint density at radius 1 is 0.830 bits per heavy atom. The highest BCUT2D eigenvalue weighted by Gasteiger charge is 2.34. The lowest BCUT2D eigenvalue weighted by Gasteiger charge is -2.33. The number of nitrogens with one attached hydrogen (secondary N) is 2. The van der Waals surface area contributed by atoms with Crippen molar-refractivity contribution in [3.8, 4) is 0 Å². The van der Waals surface area contributed by atoms with Gasteiger partial charge in [0.05, 0.1) is 19.2 Å². The van der Waals surface area contributed by atoms with Crippen LogP contribution in [0.3, 0.4) is 0 Å². The number of fused-ring (bicyclic) bond motifs is 1. The van der Waals surface area contributed by atoms with Crippen molar-refractivity contribution >= 4 is 29.2 Å². The number of ketones is 1. The number of amides is 2. The molecule has 47 heavy (non-hydrogen) atoms. The van der Waals surface area contributed by atoms with E-state index in [1.165, 1.54) is 29.5 Å². The summed E-state index contributed by atoms with van der Waals surface area (Å²) in [6.07, 6.45) is 1.07. The third kappa shape index (κ3) is 9.57. The number of aryl methyl sites for hydroxylation is 2. The molecule has 1 atom stereocenters. The van der Waals surface area contributed by atoms with E-state index in [1.54, 1.807) is 0 Å². The zero-order chi connectivity index (χ0) is 35.0. The predicted molar refractivity (Wildman–Crippen MR) is 184 cm³/mol. The second kappa shape index (κ2) is 16.1. The molecule has 1 unspecified atom stereocenters. The number of Topliss-reactive ketones (excluding diaryl/α,β-unsaturated/α-hetero) is 1. The van der Waals surface area contributed by atoms with Gasteiger partial charge in [0.15, 0.2) is 5.78 Å². The molecule has 1 fully saturated rings. The maximum Gasteiger partial charge on any atom is 0.325 e. The largest absolute Gasteiger partial charge is 0.468 e. The smallest absolute Gasteiger partial charge is 0.325 e. The zero-order valence-corrected chi connectivity index (χ0v) is 28.4.